The average molecular weight is 229 g/mol. The predicted octanol–water partition coefficient (Wildman–Crippen LogP) is 1.12. The van der Waals surface area contributed by atoms with E-state index in [0.717, 1.165) is 6.42 Å². The van der Waals surface area contributed by atoms with Crippen LogP contribution in [0.3, 0.4) is 0 Å². The number of methoxy groups -OCH3 is 1. The van der Waals surface area contributed by atoms with Gasteiger partial charge in [-0.25, -0.2) is 0 Å². The Hall–Kier alpha value is -0.450. The van der Waals surface area contributed by atoms with Gasteiger partial charge >= 0.3 is 0 Å². The Morgan fingerprint density at radius 3 is 2.44 bits per heavy atom. The standard InChI is InChI=1S/C12H23NO3/c1-11(2)6-8(12(3,4)16-11)10(14)9(13)7-15-5/h8-9H,6-7,13H2,1-5H3. The molecule has 0 saturated carbocycles. The maximum atomic E-state index is 12.2. The topological polar surface area (TPSA) is 61.5 Å². The van der Waals surface area contributed by atoms with E-state index < -0.39 is 11.6 Å². The molecule has 1 rings (SSSR count). The zero-order valence-corrected chi connectivity index (χ0v) is 10.9. The van der Waals surface area contributed by atoms with E-state index >= 15 is 0 Å². The van der Waals surface area contributed by atoms with Crippen molar-refractivity contribution in [1.29, 1.82) is 0 Å². The minimum Gasteiger partial charge on any atom is -0.383 e. The first-order valence-electron chi connectivity index (χ1n) is 5.68. The molecule has 16 heavy (non-hydrogen) atoms. The minimum atomic E-state index is -0.549. The number of hydrogen-bond acceptors (Lipinski definition) is 4. The SMILES string of the molecule is COCC(N)C(=O)C1CC(C)(C)OC1(C)C. The number of hydrogen-bond donors (Lipinski definition) is 1. The second-order valence-corrected chi connectivity index (χ2v) is 5.69. The Kier molecular flexibility index (Phi) is 3.77. The Labute approximate surface area is 97.5 Å². The third kappa shape index (κ3) is 2.81. The largest absolute Gasteiger partial charge is 0.383 e. The quantitative estimate of drug-likeness (QED) is 0.784. The lowest BCUT2D eigenvalue weighted by molar-refractivity contribution is -0.131. The molecular formula is C12H23NO3. The average Bonchev–Trinajstić information content (AvgIpc) is 2.33. The van der Waals surface area contributed by atoms with Crippen LogP contribution in [-0.4, -0.2) is 36.7 Å². The van der Waals surface area contributed by atoms with Gasteiger partial charge in [0.15, 0.2) is 5.78 Å². The van der Waals surface area contributed by atoms with E-state index in [1.165, 1.54) is 0 Å². The van der Waals surface area contributed by atoms with Crippen LogP contribution in [0.15, 0.2) is 0 Å². The molecule has 2 atom stereocenters. The number of nitrogens with two attached hydrogens (primary N) is 1. The van der Waals surface area contributed by atoms with Crippen LogP contribution in [0, 0.1) is 5.92 Å². The normalized spacial score (nSPS) is 29.0. The van der Waals surface area contributed by atoms with E-state index in [0.29, 0.717) is 0 Å². The summed E-state index contributed by atoms with van der Waals surface area (Å²) in [6.45, 7) is 8.17. The third-order valence-electron chi connectivity index (χ3n) is 3.13. The van der Waals surface area contributed by atoms with E-state index in [1.807, 2.05) is 27.7 Å². The van der Waals surface area contributed by atoms with Crippen LogP contribution in [0.25, 0.3) is 0 Å². The molecule has 0 radical (unpaired) electrons. The monoisotopic (exact) mass is 229 g/mol. The molecule has 1 fully saturated rings. The van der Waals surface area contributed by atoms with Crippen LogP contribution >= 0.6 is 0 Å². The van der Waals surface area contributed by atoms with Crippen molar-refractivity contribution in [3.8, 4) is 0 Å². The molecule has 0 spiro atoms. The summed E-state index contributed by atoms with van der Waals surface area (Å²) in [5.74, 6) is -0.106. The second kappa shape index (κ2) is 4.43. The molecule has 2 N–H and O–H groups in total. The number of ketones is 1. The molecular weight excluding hydrogens is 206 g/mol. The van der Waals surface area contributed by atoms with Crippen molar-refractivity contribution in [2.24, 2.45) is 11.7 Å². The van der Waals surface area contributed by atoms with Gasteiger partial charge in [0.1, 0.15) is 0 Å². The molecule has 1 saturated heterocycles. The summed E-state index contributed by atoms with van der Waals surface area (Å²) in [7, 11) is 1.55. The Balaban J connectivity index is 2.77. The van der Waals surface area contributed by atoms with Crippen LogP contribution in [0.2, 0.25) is 0 Å². The molecule has 2 unspecified atom stereocenters. The van der Waals surface area contributed by atoms with Gasteiger partial charge in [-0.3, -0.25) is 4.79 Å². The van der Waals surface area contributed by atoms with Gasteiger partial charge in [-0.1, -0.05) is 0 Å². The molecule has 0 aromatic rings. The first-order valence-corrected chi connectivity index (χ1v) is 5.68. The summed E-state index contributed by atoms with van der Waals surface area (Å²) >= 11 is 0. The van der Waals surface area contributed by atoms with Crippen molar-refractivity contribution in [3.63, 3.8) is 0 Å². The van der Waals surface area contributed by atoms with Crippen molar-refractivity contribution in [2.75, 3.05) is 13.7 Å². The number of carbonyl (C=O) groups is 1. The Bertz CT molecular complexity index is 273. The first kappa shape index (κ1) is 13.6. The van der Waals surface area contributed by atoms with Crippen molar-refractivity contribution < 1.29 is 14.3 Å². The fraction of sp³-hybridized carbons (Fsp3) is 0.917. The number of carbonyl (C=O) groups excluding carboxylic acids is 1. The van der Waals surface area contributed by atoms with E-state index in [-0.39, 0.29) is 23.9 Å². The zero-order valence-electron chi connectivity index (χ0n) is 10.9. The fourth-order valence-corrected chi connectivity index (χ4v) is 2.53. The molecule has 1 aliphatic rings. The molecule has 0 bridgehead atoms. The molecule has 94 valence electrons. The van der Waals surface area contributed by atoms with E-state index in [1.54, 1.807) is 7.11 Å². The van der Waals surface area contributed by atoms with Gasteiger partial charge in [0.05, 0.1) is 29.8 Å². The molecule has 0 aliphatic carbocycles. The van der Waals surface area contributed by atoms with Gasteiger partial charge in [-0.2, -0.15) is 0 Å². The van der Waals surface area contributed by atoms with E-state index in [9.17, 15) is 4.79 Å². The Morgan fingerprint density at radius 2 is 2.06 bits per heavy atom. The lowest BCUT2D eigenvalue weighted by Gasteiger charge is -2.27. The van der Waals surface area contributed by atoms with Crippen LogP contribution in [0.5, 0.6) is 0 Å². The molecule has 1 heterocycles. The van der Waals surface area contributed by atoms with Crippen molar-refractivity contribution in [3.05, 3.63) is 0 Å². The van der Waals surface area contributed by atoms with E-state index in [4.69, 9.17) is 15.2 Å². The summed E-state index contributed by atoms with van der Waals surface area (Å²) < 4.78 is 10.8. The summed E-state index contributed by atoms with van der Waals surface area (Å²) in [6, 6.07) is -0.549. The van der Waals surface area contributed by atoms with Gasteiger partial charge in [-0.05, 0) is 34.1 Å². The highest BCUT2D eigenvalue weighted by Gasteiger charge is 2.49. The van der Waals surface area contributed by atoms with Gasteiger partial charge < -0.3 is 15.2 Å². The molecule has 0 aromatic heterocycles. The van der Waals surface area contributed by atoms with E-state index in [2.05, 4.69) is 0 Å². The molecule has 4 nitrogen and oxygen atoms in total. The highest BCUT2D eigenvalue weighted by Crippen LogP contribution is 2.42. The maximum absolute atomic E-state index is 12.2. The van der Waals surface area contributed by atoms with Gasteiger partial charge in [0.25, 0.3) is 0 Å². The molecule has 1 aliphatic heterocycles. The predicted molar refractivity (Wildman–Crippen MR) is 62.2 cm³/mol. The van der Waals surface area contributed by atoms with Gasteiger partial charge in [0.2, 0.25) is 0 Å². The van der Waals surface area contributed by atoms with Crippen LogP contribution in [0.4, 0.5) is 0 Å². The third-order valence-corrected chi connectivity index (χ3v) is 3.13. The fourth-order valence-electron chi connectivity index (χ4n) is 2.53. The summed E-state index contributed by atoms with van der Waals surface area (Å²) in [5, 5.41) is 0. The molecule has 0 amide bonds. The van der Waals surface area contributed by atoms with Crippen molar-refractivity contribution in [2.45, 2.75) is 51.4 Å². The lowest BCUT2D eigenvalue weighted by Crippen LogP contribution is -2.44. The molecule has 0 aromatic carbocycles. The number of rotatable bonds is 4. The number of ether oxygens (including phenoxy) is 2. The smallest absolute Gasteiger partial charge is 0.157 e. The van der Waals surface area contributed by atoms with Gasteiger partial charge in [-0.15, -0.1) is 0 Å². The van der Waals surface area contributed by atoms with Crippen molar-refractivity contribution in [1.82, 2.24) is 0 Å². The summed E-state index contributed by atoms with van der Waals surface area (Å²) in [6.07, 6.45) is 0.718. The first-order chi connectivity index (χ1) is 7.19. The number of Topliss-reactive ketones (excluding diaryl/α,β-unsaturated/α-hetero) is 1. The van der Waals surface area contributed by atoms with Gasteiger partial charge in [0, 0.05) is 7.11 Å². The summed E-state index contributed by atoms with van der Waals surface area (Å²) in [4.78, 5) is 12.2. The highest BCUT2D eigenvalue weighted by molar-refractivity contribution is 5.87. The maximum Gasteiger partial charge on any atom is 0.157 e. The van der Waals surface area contributed by atoms with Crippen molar-refractivity contribution >= 4 is 5.78 Å². The summed E-state index contributed by atoms with van der Waals surface area (Å²) in [5.41, 5.74) is 5.10. The molecule has 4 heteroatoms. The lowest BCUT2D eigenvalue weighted by atomic mass is 9.82. The van der Waals surface area contributed by atoms with Crippen LogP contribution in [0.1, 0.15) is 34.1 Å². The minimum absolute atomic E-state index is 0.0393. The zero-order chi connectivity index (χ0) is 12.6. The van der Waals surface area contributed by atoms with Crippen LogP contribution in [-0.2, 0) is 14.3 Å². The highest BCUT2D eigenvalue weighted by atomic mass is 16.5. The van der Waals surface area contributed by atoms with Crippen LogP contribution < -0.4 is 5.73 Å². The second-order valence-electron chi connectivity index (χ2n) is 5.69. The Morgan fingerprint density at radius 1 is 1.50 bits per heavy atom.